The molecule has 1 aromatic carbocycles. The van der Waals surface area contributed by atoms with Crippen molar-refractivity contribution >= 4 is 11.8 Å². The summed E-state index contributed by atoms with van der Waals surface area (Å²) in [4.78, 5) is 29.0. The molecule has 0 N–H and O–H groups in total. The number of piperidine rings is 2. The van der Waals surface area contributed by atoms with Crippen LogP contribution in [-0.4, -0.2) is 53.9 Å². The number of hydrogen-bond acceptors (Lipinski definition) is 3. The van der Waals surface area contributed by atoms with Crippen LogP contribution in [0.25, 0.3) is 0 Å². The molecule has 0 bridgehead atoms. The minimum Gasteiger partial charge on any atom is -0.494 e. The lowest BCUT2D eigenvalue weighted by Gasteiger charge is -2.47. The quantitative estimate of drug-likeness (QED) is 0.845. The topological polar surface area (TPSA) is 49.9 Å². The molecule has 2 atom stereocenters. The molecule has 2 aliphatic heterocycles. The second kappa shape index (κ2) is 6.32. The molecule has 5 nitrogen and oxygen atoms in total. The van der Waals surface area contributed by atoms with E-state index in [2.05, 4.69) is 4.90 Å². The fraction of sp³-hybridized carbons (Fsp3) is 0.579. The van der Waals surface area contributed by atoms with E-state index in [1.54, 1.807) is 0 Å². The molecule has 134 valence electrons. The minimum atomic E-state index is -0.469. The van der Waals surface area contributed by atoms with Gasteiger partial charge in [0.05, 0.1) is 7.11 Å². The number of benzene rings is 1. The molecule has 6 heteroatoms. The number of fused-ring (bicyclic) bond motifs is 1. The van der Waals surface area contributed by atoms with Crippen LogP contribution in [-0.2, 0) is 4.79 Å². The van der Waals surface area contributed by atoms with Crippen molar-refractivity contribution in [2.75, 3.05) is 20.2 Å². The number of likely N-dealkylation sites (tertiary alicyclic amines) is 2. The minimum absolute atomic E-state index is 0.0870. The van der Waals surface area contributed by atoms with Crippen LogP contribution in [0.1, 0.15) is 42.5 Å². The molecule has 3 aliphatic rings. The summed E-state index contributed by atoms with van der Waals surface area (Å²) in [5, 5.41) is 0. The predicted octanol–water partition coefficient (Wildman–Crippen LogP) is 2.45. The highest BCUT2D eigenvalue weighted by Crippen LogP contribution is 2.39. The lowest BCUT2D eigenvalue weighted by Crippen LogP contribution is -2.57. The van der Waals surface area contributed by atoms with Gasteiger partial charge in [0.25, 0.3) is 5.91 Å². The Morgan fingerprint density at radius 1 is 1.24 bits per heavy atom. The van der Waals surface area contributed by atoms with E-state index < -0.39 is 5.82 Å². The van der Waals surface area contributed by atoms with Gasteiger partial charge in [-0.2, -0.15) is 0 Å². The molecular weight excluding hydrogens is 323 g/mol. The molecule has 0 unspecified atom stereocenters. The first-order chi connectivity index (χ1) is 12.1. The molecule has 2 heterocycles. The van der Waals surface area contributed by atoms with Crippen molar-refractivity contribution in [3.05, 3.63) is 29.6 Å². The van der Waals surface area contributed by atoms with Crippen LogP contribution in [0.15, 0.2) is 18.2 Å². The Labute approximate surface area is 146 Å². The highest BCUT2D eigenvalue weighted by molar-refractivity contribution is 5.94. The molecule has 1 aliphatic carbocycles. The molecule has 2 saturated heterocycles. The number of halogens is 1. The zero-order chi connectivity index (χ0) is 17.6. The van der Waals surface area contributed by atoms with E-state index in [-0.39, 0.29) is 23.6 Å². The third kappa shape index (κ3) is 2.98. The molecule has 0 aromatic heterocycles. The average Bonchev–Trinajstić information content (AvgIpc) is 3.46. The Hall–Kier alpha value is -2.11. The van der Waals surface area contributed by atoms with E-state index in [4.69, 9.17) is 4.74 Å². The number of ether oxygens (including phenoxy) is 1. The van der Waals surface area contributed by atoms with Gasteiger partial charge in [-0.15, -0.1) is 0 Å². The Kier molecular flexibility index (Phi) is 4.13. The lowest BCUT2D eigenvalue weighted by molar-refractivity contribution is -0.141. The van der Waals surface area contributed by atoms with Crippen LogP contribution in [0.2, 0.25) is 0 Å². The summed E-state index contributed by atoms with van der Waals surface area (Å²) in [6.45, 7) is 1.30. The highest BCUT2D eigenvalue weighted by Gasteiger charge is 2.45. The van der Waals surface area contributed by atoms with Gasteiger partial charge in [0, 0.05) is 37.2 Å². The van der Waals surface area contributed by atoms with Gasteiger partial charge in [-0.1, -0.05) is 0 Å². The predicted molar refractivity (Wildman–Crippen MR) is 89.9 cm³/mol. The van der Waals surface area contributed by atoms with Gasteiger partial charge in [0.2, 0.25) is 5.91 Å². The van der Waals surface area contributed by atoms with Crippen LogP contribution in [0.4, 0.5) is 4.39 Å². The normalized spacial score (nSPS) is 26.4. The SMILES string of the molecule is COc1cc(C(=O)N2CC[C@H]3[C@H](CCC(=O)N3C3CC3)C2)ccc1F. The fourth-order valence-electron chi connectivity index (χ4n) is 4.28. The maximum absolute atomic E-state index is 13.6. The van der Waals surface area contributed by atoms with Crippen molar-refractivity contribution in [2.45, 2.75) is 44.2 Å². The van der Waals surface area contributed by atoms with E-state index in [0.29, 0.717) is 37.0 Å². The summed E-state index contributed by atoms with van der Waals surface area (Å²) in [6, 6.07) is 4.95. The van der Waals surface area contributed by atoms with Gasteiger partial charge in [-0.05, 0) is 49.8 Å². The van der Waals surface area contributed by atoms with E-state index in [1.807, 2.05) is 4.90 Å². The van der Waals surface area contributed by atoms with Crippen molar-refractivity contribution in [1.82, 2.24) is 9.80 Å². The standard InChI is InChI=1S/C19H23FN2O3/c1-25-17-10-12(2-6-15(17)20)19(24)21-9-8-16-13(11-21)3-7-18(23)22(16)14-4-5-14/h2,6,10,13-14,16H,3-5,7-9,11H2,1H3/t13-,16+/m1/s1. The van der Waals surface area contributed by atoms with Crippen LogP contribution < -0.4 is 4.74 Å². The van der Waals surface area contributed by atoms with Crippen molar-refractivity contribution < 1.29 is 18.7 Å². The molecule has 4 rings (SSSR count). The van der Waals surface area contributed by atoms with E-state index in [1.165, 1.54) is 25.3 Å². The molecule has 2 amide bonds. The van der Waals surface area contributed by atoms with Crippen LogP contribution in [0.5, 0.6) is 5.75 Å². The van der Waals surface area contributed by atoms with Crippen molar-refractivity contribution in [3.8, 4) is 5.75 Å². The number of hydrogen-bond donors (Lipinski definition) is 0. The Morgan fingerprint density at radius 3 is 2.76 bits per heavy atom. The number of carbonyl (C=O) groups is 2. The largest absolute Gasteiger partial charge is 0.494 e. The first-order valence-electron chi connectivity index (χ1n) is 9.02. The number of rotatable bonds is 3. The van der Waals surface area contributed by atoms with E-state index >= 15 is 0 Å². The lowest BCUT2D eigenvalue weighted by atomic mass is 9.83. The monoisotopic (exact) mass is 346 g/mol. The first kappa shape index (κ1) is 16.4. The maximum atomic E-state index is 13.6. The molecule has 0 spiro atoms. The molecule has 0 radical (unpaired) electrons. The van der Waals surface area contributed by atoms with Crippen molar-refractivity contribution in [2.24, 2.45) is 5.92 Å². The van der Waals surface area contributed by atoms with Gasteiger partial charge in [-0.25, -0.2) is 4.39 Å². The maximum Gasteiger partial charge on any atom is 0.254 e. The second-order valence-electron chi connectivity index (χ2n) is 7.29. The number of carbonyl (C=O) groups excluding carboxylic acids is 2. The van der Waals surface area contributed by atoms with Gasteiger partial charge in [0.1, 0.15) is 0 Å². The number of methoxy groups -OCH3 is 1. The van der Waals surface area contributed by atoms with Crippen LogP contribution in [0.3, 0.4) is 0 Å². The van der Waals surface area contributed by atoms with E-state index in [0.717, 1.165) is 25.7 Å². The van der Waals surface area contributed by atoms with Crippen molar-refractivity contribution in [1.29, 1.82) is 0 Å². The van der Waals surface area contributed by atoms with E-state index in [9.17, 15) is 14.0 Å². The van der Waals surface area contributed by atoms with Crippen LogP contribution >= 0.6 is 0 Å². The van der Waals surface area contributed by atoms with Gasteiger partial charge >= 0.3 is 0 Å². The third-order valence-corrected chi connectivity index (χ3v) is 5.69. The summed E-state index contributed by atoms with van der Waals surface area (Å²) < 4.78 is 18.5. The van der Waals surface area contributed by atoms with Gasteiger partial charge in [0.15, 0.2) is 11.6 Å². The molecular formula is C19H23FN2O3. The summed E-state index contributed by atoms with van der Waals surface area (Å²) in [7, 11) is 1.39. The zero-order valence-electron chi connectivity index (χ0n) is 14.4. The Balaban J connectivity index is 1.48. The number of nitrogens with zero attached hydrogens (tertiary/aromatic N) is 2. The summed E-state index contributed by atoms with van der Waals surface area (Å²) in [5.41, 5.74) is 0.447. The average molecular weight is 346 g/mol. The third-order valence-electron chi connectivity index (χ3n) is 5.69. The zero-order valence-corrected chi connectivity index (χ0v) is 14.4. The number of amides is 2. The highest BCUT2D eigenvalue weighted by atomic mass is 19.1. The first-order valence-corrected chi connectivity index (χ1v) is 9.02. The summed E-state index contributed by atoms with van der Waals surface area (Å²) in [6.07, 6.45) is 4.50. The Morgan fingerprint density at radius 2 is 2.04 bits per heavy atom. The Bertz CT molecular complexity index is 704. The second-order valence-corrected chi connectivity index (χ2v) is 7.29. The smallest absolute Gasteiger partial charge is 0.254 e. The van der Waals surface area contributed by atoms with Gasteiger partial charge < -0.3 is 14.5 Å². The van der Waals surface area contributed by atoms with Crippen molar-refractivity contribution in [3.63, 3.8) is 0 Å². The molecule has 1 aromatic rings. The molecule has 3 fully saturated rings. The van der Waals surface area contributed by atoms with Crippen LogP contribution in [0, 0.1) is 11.7 Å². The molecule has 25 heavy (non-hydrogen) atoms. The molecule has 1 saturated carbocycles. The van der Waals surface area contributed by atoms with Gasteiger partial charge in [-0.3, -0.25) is 9.59 Å². The summed E-state index contributed by atoms with van der Waals surface area (Å²) >= 11 is 0. The fourth-order valence-corrected chi connectivity index (χ4v) is 4.28. The summed E-state index contributed by atoms with van der Waals surface area (Å²) in [5.74, 6) is 0.157.